The average Bonchev–Trinajstić information content (AvgIpc) is 3.05. The van der Waals surface area contributed by atoms with Crippen LogP contribution >= 0.6 is 11.8 Å². The number of hydrogen-bond acceptors (Lipinski definition) is 5. The van der Waals surface area contributed by atoms with Crippen molar-refractivity contribution in [1.82, 2.24) is 9.88 Å². The number of ketones is 1. The summed E-state index contributed by atoms with van der Waals surface area (Å²) in [6.45, 7) is 3.36. The number of aryl methyl sites for hydroxylation is 1. The molecule has 0 N–H and O–H groups in total. The van der Waals surface area contributed by atoms with E-state index in [1.807, 2.05) is 11.8 Å². The molecule has 4 nitrogen and oxygen atoms in total. The lowest BCUT2D eigenvalue weighted by molar-refractivity contribution is 0.0943. The van der Waals surface area contributed by atoms with Crippen LogP contribution in [0.2, 0.25) is 0 Å². The van der Waals surface area contributed by atoms with Crippen LogP contribution in [0.4, 0.5) is 0 Å². The molecule has 0 radical (unpaired) electrons. The molecule has 0 atom stereocenters. The normalized spacial score (nSPS) is 11.4. The van der Waals surface area contributed by atoms with E-state index >= 15 is 0 Å². The molecule has 1 heterocycles. The van der Waals surface area contributed by atoms with Gasteiger partial charge in [0.25, 0.3) is 5.89 Å². The summed E-state index contributed by atoms with van der Waals surface area (Å²) in [5, 5.41) is 0. The SMILES string of the molecule is CCCCCCCC(=O)c1ncc(CCCCSCCCN(C)C)o1. The summed E-state index contributed by atoms with van der Waals surface area (Å²) in [5.74, 6) is 3.65. The Hall–Kier alpha value is -0.810. The molecule has 0 saturated heterocycles. The number of thioether (sulfide) groups is 1. The predicted molar refractivity (Wildman–Crippen MR) is 108 cm³/mol. The zero-order chi connectivity index (χ0) is 18.3. The molecule has 5 heteroatoms. The van der Waals surface area contributed by atoms with Gasteiger partial charge in [-0.05, 0) is 57.8 Å². The van der Waals surface area contributed by atoms with Crippen LogP contribution in [0.3, 0.4) is 0 Å². The van der Waals surface area contributed by atoms with E-state index in [1.165, 1.54) is 50.2 Å². The molecule has 144 valence electrons. The fourth-order valence-electron chi connectivity index (χ4n) is 2.64. The number of carbonyl (C=O) groups excluding carboxylic acids is 1. The van der Waals surface area contributed by atoms with Crippen molar-refractivity contribution in [3.8, 4) is 0 Å². The van der Waals surface area contributed by atoms with E-state index in [-0.39, 0.29) is 5.78 Å². The Morgan fingerprint density at radius 1 is 1.08 bits per heavy atom. The fourth-order valence-corrected chi connectivity index (χ4v) is 3.58. The minimum absolute atomic E-state index is 0.0548. The number of aromatic nitrogens is 1. The van der Waals surface area contributed by atoms with E-state index in [9.17, 15) is 4.79 Å². The van der Waals surface area contributed by atoms with Crippen LogP contribution < -0.4 is 0 Å². The summed E-state index contributed by atoms with van der Waals surface area (Å²) in [6, 6.07) is 0. The number of oxazole rings is 1. The highest BCUT2D eigenvalue weighted by Gasteiger charge is 2.12. The minimum Gasteiger partial charge on any atom is -0.439 e. The third kappa shape index (κ3) is 11.4. The van der Waals surface area contributed by atoms with E-state index in [4.69, 9.17) is 4.42 Å². The predicted octanol–water partition coefficient (Wildman–Crippen LogP) is 5.23. The lowest BCUT2D eigenvalue weighted by atomic mass is 10.1. The van der Waals surface area contributed by atoms with Crippen molar-refractivity contribution in [3.63, 3.8) is 0 Å². The molecule has 0 unspecified atom stereocenters. The second-order valence-corrected chi connectivity index (χ2v) is 8.17. The maximum Gasteiger partial charge on any atom is 0.263 e. The second-order valence-electron chi connectivity index (χ2n) is 6.95. The summed E-state index contributed by atoms with van der Waals surface area (Å²) < 4.78 is 5.62. The van der Waals surface area contributed by atoms with Gasteiger partial charge >= 0.3 is 0 Å². The van der Waals surface area contributed by atoms with Crippen LogP contribution in [0.25, 0.3) is 0 Å². The van der Waals surface area contributed by atoms with E-state index in [1.54, 1.807) is 6.20 Å². The van der Waals surface area contributed by atoms with Gasteiger partial charge in [-0.15, -0.1) is 0 Å². The van der Waals surface area contributed by atoms with Crippen molar-refractivity contribution in [2.75, 3.05) is 32.1 Å². The van der Waals surface area contributed by atoms with Crippen LogP contribution in [0.5, 0.6) is 0 Å². The van der Waals surface area contributed by atoms with Gasteiger partial charge < -0.3 is 9.32 Å². The number of Topliss-reactive ketones (excluding diaryl/α,β-unsaturated/α-hetero) is 1. The van der Waals surface area contributed by atoms with E-state index in [2.05, 4.69) is 30.9 Å². The zero-order valence-electron chi connectivity index (χ0n) is 16.4. The molecule has 0 saturated carbocycles. The van der Waals surface area contributed by atoms with Crippen molar-refractivity contribution in [1.29, 1.82) is 0 Å². The molecule has 1 rings (SSSR count). The van der Waals surface area contributed by atoms with Crippen LogP contribution in [0.1, 0.15) is 81.2 Å². The molecule has 1 aromatic rings. The Morgan fingerprint density at radius 3 is 2.60 bits per heavy atom. The maximum absolute atomic E-state index is 12.1. The minimum atomic E-state index is 0.0548. The monoisotopic (exact) mass is 368 g/mol. The van der Waals surface area contributed by atoms with E-state index < -0.39 is 0 Å². The molecule has 1 aromatic heterocycles. The molecular formula is C20H36N2O2S. The topological polar surface area (TPSA) is 46.3 Å². The van der Waals surface area contributed by atoms with Gasteiger partial charge in [-0.1, -0.05) is 32.6 Å². The first kappa shape index (κ1) is 22.2. The van der Waals surface area contributed by atoms with Crippen LogP contribution in [-0.4, -0.2) is 47.8 Å². The Labute approximate surface area is 158 Å². The fraction of sp³-hybridized carbons (Fsp3) is 0.800. The van der Waals surface area contributed by atoms with E-state index in [0.717, 1.165) is 31.4 Å². The first-order chi connectivity index (χ1) is 12.1. The van der Waals surface area contributed by atoms with Crippen LogP contribution in [0.15, 0.2) is 10.6 Å². The Balaban J connectivity index is 2.07. The molecule has 0 spiro atoms. The first-order valence-corrected chi connectivity index (χ1v) is 11.0. The van der Waals surface area contributed by atoms with E-state index in [0.29, 0.717) is 12.3 Å². The van der Waals surface area contributed by atoms with Gasteiger partial charge in [-0.3, -0.25) is 4.79 Å². The van der Waals surface area contributed by atoms with Crippen molar-refractivity contribution >= 4 is 17.5 Å². The van der Waals surface area contributed by atoms with Gasteiger partial charge in [0, 0.05) is 12.8 Å². The first-order valence-electron chi connectivity index (χ1n) is 9.84. The number of carbonyl (C=O) groups is 1. The number of nitrogens with zero attached hydrogens (tertiary/aromatic N) is 2. The molecule has 0 aromatic carbocycles. The summed E-state index contributed by atoms with van der Waals surface area (Å²) in [5.41, 5.74) is 0. The Morgan fingerprint density at radius 2 is 1.84 bits per heavy atom. The lowest BCUT2D eigenvalue weighted by Crippen LogP contribution is -2.13. The molecular weight excluding hydrogens is 332 g/mol. The lowest BCUT2D eigenvalue weighted by Gasteiger charge is -2.08. The van der Waals surface area contributed by atoms with Crippen molar-refractivity contribution in [2.24, 2.45) is 0 Å². The maximum atomic E-state index is 12.1. The number of hydrogen-bond donors (Lipinski definition) is 0. The van der Waals surface area contributed by atoms with Crippen LogP contribution in [-0.2, 0) is 6.42 Å². The highest BCUT2D eigenvalue weighted by atomic mass is 32.2. The van der Waals surface area contributed by atoms with Crippen LogP contribution in [0, 0.1) is 0 Å². The summed E-state index contributed by atoms with van der Waals surface area (Å²) in [6.07, 6.45) is 12.5. The largest absolute Gasteiger partial charge is 0.439 e. The average molecular weight is 369 g/mol. The van der Waals surface area contributed by atoms with Crippen molar-refractivity contribution < 1.29 is 9.21 Å². The molecule has 0 fully saturated rings. The standard InChI is InChI=1S/C20H36N2O2S/c1-4-5-6-7-8-13-19(23)20-21-17-18(24-20)12-9-10-15-25-16-11-14-22(2)3/h17H,4-16H2,1-3H3. The third-order valence-corrected chi connectivity index (χ3v) is 5.31. The number of unbranched alkanes of at least 4 members (excludes halogenated alkanes) is 5. The molecule has 0 aliphatic heterocycles. The summed E-state index contributed by atoms with van der Waals surface area (Å²) in [4.78, 5) is 18.4. The van der Waals surface area contributed by atoms with Gasteiger partial charge in [-0.25, -0.2) is 4.98 Å². The Kier molecular flexibility index (Phi) is 12.8. The van der Waals surface area contributed by atoms with Crippen molar-refractivity contribution in [3.05, 3.63) is 17.8 Å². The van der Waals surface area contributed by atoms with Gasteiger partial charge in [-0.2, -0.15) is 11.8 Å². The summed E-state index contributed by atoms with van der Waals surface area (Å²) >= 11 is 2.03. The third-order valence-electron chi connectivity index (χ3n) is 4.16. The van der Waals surface area contributed by atoms with Gasteiger partial charge in [0.1, 0.15) is 5.76 Å². The molecule has 0 bridgehead atoms. The Bertz CT molecular complexity index is 460. The zero-order valence-corrected chi connectivity index (χ0v) is 17.2. The number of rotatable bonds is 16. The molecule has 25 heavy (non-hydrogen) atoms. The van der Waals surface area contributed by atoms with Gasteiger partial charge in [0.15, 0.2) is 0 Å². The molecule has 0 aliphatic carbocycles. The van der Waals surface area contributed by atoms with Gasteiger partial charge in [0.2, 0.25) is 5.78 Å². The molecule has 0 amide bonds. The summed E-state index contributed by atoms with van der Waals surface area (Å²) in [7, 11) is 4.24. The second kappa shape index (κ2) is 14.4. The quantitative estimate of drug-likeness (QED) is 0.295. The highest BCUT2D eigenvalue weighted by Crippen LogP contribution is 2.14. The smallest absolute Gasteiger partial charge is 0.263 e. The van der Waals surface area contributed by atoms with Crippen molar-refractivity contribution in [2.45, 2.75) is 71.1 Å². The highest BCUT2D eigenvalue weighted by molar-refractivity contribution is 7.99. The van der Waals surface area contributed by atoms with Gasteiger partial charge in [0.05, 0.1) is 6.20 Å². The molecule has 0 aliphatic rings.